The van der Waals surface area contributed by atoms with E-state index < -0.39 is 0 Å². The molecule has 110 valence electrons. The zero-order valence-corrected chi connectivity index (χ0v) is 12.4. The molecule has 1 saturated carbocycles. The number of hydrogen-bond donors (Lipinski definition) is 2. The Morgan fingerprint density at radius 2 is 2.00 bits per heavy atom. The van der Waals surface area contributed by atoms with Crippen LogP contribution in [-0.4, -0.2) is 26.0 Å². The smallest absolute Gasteiger partial charge is 0.224 e. The molecule has 1 fully saturated rings. The summed E-state index contributed by atoms with van der Waals surface area (Å²) >= 11 is 0. The van der Waals surface area contributed by atoms with Crippen molar-refractivity contribution in [3.05, 3.63) is 24.3 Å². The van der Waals surface area contributed by atoms with Crippen LogP contribution in [-0.2, 0) is 4.79 Å². The van der Waals surface area contributed by atoms with Crippen molar-refractivity contribution >= 4 is 17.3 Å². The Labute approximate surface area is 121 Å². The molecule has 20 heavy (non-hydrogen) atoms. The van der Waals surface area contributed by atoms with E-state index in [-0.39, 0.29) is 11.9 Å². The Bertz CT molecular complexity index is 459. The Morgan fingerprint density at radius 3 is 2.70 bits per heavy atom. The number of rotatable bonds is 4. The van der Waals surface area contributed by atoms with Crippen LogP contribution in [0.3, 0.4) is 0 Å². The van der Waals surface area contributed by atoms with E-state index >= 15 is 0 Å². The molecular weight excluding hydrogens is 250 g/mol. The molecule has 4 nitrogen and oxygen atoms in total. The molecule has 0 saturated heterocycles. The number of benzene rings is 1. The van der Waals surface area contributed by atoms with Gasteiger partial charge in [-0.3, -0.25) is 4.79 Å². The summed E-state index contributed by atoms with van der Waals surface area (Å²) in [5, 5.41) is 3.02. The lowest BCUT2D eigenvalue weighted by Crippen LogP contribution is -2.35. The largest absolute Gasteiger partial charge is 0.376 e. The first-order valence-electron chi connectivity index (χ1n) is 7.39. The highest BCUT2D eigenvalue weighted by Crippen LogP contribution is 2.27. The van der Waals surface area contributed by atoms with Gasteiger partial charge >= 0.3 is 0 Å². The summed E-state index contributed by atoms with van der Waals surface area (Å²) in [6, 6.07) is 8.03. The van der Waals surface area contributed by atoms with E-state index in [4.69, 9.17) is 5.73 Å². The SMILES string of the molecule is CN(C)c1ccccc1NC(=O)CC1CCCCC1N. The van der Waals surface area contributed by atoms with Gasteiger partial charge in [-0.25, -0.2) is 0 Å². The Kier molecular flexibility index (Phi) is 5.01. The molecule has 0 aromatic heterocycles. The third kappa shape index (κ3) is 3.73. The molecule has 0 bridgehead atoms. The van der Waals surface area contributed by atoms with Crippen LogP contribution >= 0.6 is 0 Å². The molecule has 0 heterocycles. The molecule has 1 aliphatic carbocycles. The van der Waals surface area contributed by atoms with Gasteiger partial charge in [0.1, 0.15) is 0 Å². The molecule has 0 spiro atoms. The molecule has 1 amide bonds. The lowest BCUT2D eigenvalue weighted by atomic mass is 9.83. The van der Waals surface area contributed by atoms with Crippen LogP contribution < -0.4 is 16.0 Å². The van der Waals surface area contributed by atoms with E-state index in [9.17, 15) is 4.79 Å². The number of carbonyl (C=O) groups excluding carboxylic acids is 1. The number of para-hydroxylation sites is 2. The van der Waals surface area contributed by atoms with Crippen molar-refractivity contribution in [2.75, 3.05) is 24.3 Å². The molecule has 1 aromatic rings. The maximum absolute atomic E-state index is 12.2. The second-order valence-corrected chi connectivity index (χ2v) is 5.87. The maximum Gasteiger partial charge on any atom is 0.224 e. The Morgan fingerprint density at radius 1 is 1.30 bits per heavy atom. The molecule has 0 aliphatic heterocycles. The van der Waals surface area contributed by atoms with Gasteiger partial charge < -0.3 is 16.0 Å². The predicted molar refractivity (Wildman–Crippen MR) is 83.9 cm³/mol. The van der Waals surface area contributed by atoms with E-state index in [1.165, 1.54) is 12.8 Å². The fourth-order valence-electron chi connectivity index (χ4n) is 2.90. The zero-order chi connectivity index (χ0) is 14.5. The quantitative estimate of drug-likeness (QED) is 0.888. The Hall–Kier alpha value is -1.55. The van der Waals surface area contributed by atoms with Gasteiger partial charge in [-0.2, -0.15) is 0 Å². The number of carbonyl (C=O) groups is 1. The highest BCUT2D eigenvalue weighted by atomic mass is 16.1. The summed E-state index contributed by atoms with van der Waals surface area (Å²) in [7, 11) is 3.95. The molecule has 3 N–H and O–H groups in total. The van der Waals surface area contributed by atoms with Crippen LogP contribution in [0.5, 0.6) is 0 Å². The summed E-state index contributed by atoms with van der Waals surface area (Å²) in [5.41, 5.74) is 8.00. The fraction of sp³-hybridized carbons (Fsp3) is 0.562. The molecule has 4 heteroatoms. The normalized spacial score (nSPS) is 22.4. The number of anilines is 2. The average molecular weight is 275 g/mol. The third-order valence-corrected chi connectivity index (χ3v) is 4.08. The number of nitrogens with two attached hydrogens (primary N) is 1. The number of nitrogens with zero attached hydrogens (tertiary/aromatic N) is 1. The lowest BCUT2D eigenvalue weighted by Gasteiger charge is -2.28. The fourth-order valence-corrected chi connectivity index (χ4v) is 2.90. The van der Waals surface area contributed by atoms with Crippen molar-refractivity contribution in [2.24, 2.45) is 11.7 Å². The summed E-state index contributed by atoms with van der Waals surface area (Å²) < 4.78 is 0. The van der Waals surface area contributed by atoms with Crippen molar-refractivity contribution in [1.82, 2.24) is 0 Å². The van der Waals surface area contributed by atoms with E-state index in [1.54, 1.807) is 0 Å². The van der Waals surface area contributed by atoms with Crippen molar-refractivity contribution in [3.63, 3.8) is 0 Å². The molecular formula is C16H25N3O. The van der Waals surface area contributed by atoms with Crippen LogP contribution in [0.15, 0.2) is 24.3 Å². The minimum Gasteiger partial charge on any atom is -0.376 e. The molecule has 1 aliphatic rings. The standard InChI is InChI=1S/C16H25N3O/c1-19(2)15-10-6-5-9-14(15)18-16(20)11-12-7-3-4-8-13(12)17/h5-6,9-10,12-13H,3-4,7-8,11,17H2,1-2H3,(H,18,20). The second kappa shape index (κ2) is 6.75. The first-order valence-corrected chi connectivity index (χ1v) is 7.39. The molecule has 1 aromatic carbocycles. The minimum atomic E-state index is 0.0710. The van der Waals surface area contributed by atoms with Crippen LogP contribution in [0.1, 0.15) is 32.1 Å². The van der Waals surface area contributed by atoms with Gasteiger partial charge in [-0.05, 0) is 30.9 Å². The minimum absolute atomic E-state index is 0.0710. The summed E-state index contributed by atoms with van der Waals surface area (Å²) in [6.45, 7) is 0. The van der Waals surface area contributed by atoms with E-state index in [0.717, 1.165) is 24.2 Å². The van der Waals surface area contributed by atoms with Gasteiger partial charge in [0.05, 0.1) is 11.4 Å². The second-order valence-electron chi connectivity index (χ2n) is 5.87. The van der Waals surface area contributed by atoms with E-state index in [2.05, 4.69) is 5.32 Å². The predicted octanol–water partition coefficient (Wildman–Crippen LogP) is 2.60. The molecule has 2 atom stereocenters. The van der Waals surface area contributed by atoms with Crippen LogP contribution in [0, 0.1) is 5.92 Å². The zero-order valence-electron chi connectivity index (χ0n) is 12.4. The first-order chi connectivity index (χ1) is 9.58. The summed E-state index contributed by atoms with van der Waals surface area (Å²) in [6.07, 6.45) is 5.04. The van der Waals surface area contributed by atoms with Crippen molar-refractivity contribution in [2.45, 2.75) is 38.1 Å². The molecule has 2 rings (SSSR count). The highest BCUT2D eigenvalue weighted by Gasteiger charge is 2.24. The van der Waals surface area contributed by atoms with Crippen LogP contribution in [0.4, 0.5) is 11.4 Å². The topological polar surface area (TPSA) is 58.4 Å². The Balaban J connectivity index is 1.97. The summed E-state index contributed by atoms with van der Waals surface area (Å²) in [5.74, 6) is 0.400. The number of hydrogen-bond acceptors (Lipinski definition) is 3. The van der Waals surface area contributed by atoms with Crippen LogP contribution in [0.2, 0.25) is 0 Å². The monoisotopic (exact) mass is 275 g/mol. The average Bonchev–Trinajstić information content (AvgIpc) is 2.41. The van der Waals surface area contributed by atoms with Gasteiger partial charge in [0.25, 0.3) is 0 Å². The van der Waals surface area contributed by atoms with Crippen molar-refractivity contribution in [1.29, 1.82) is 0 Å². The van der Waals surface area contributed by atoms with E-state index in [0.29, 0.717) is 12.3 Å². The van der Waals surface area contributed by atoms with Crippen molar-refractivity contribution in [3.8, 4) is 0 Å². The number of nitrogens with one attached hydrogen (secondary N) is 1. The van der Waals surface area contributed by atoms with Gasteiger partial charge in [0.2, 0.25) is 5.91 Å². The molecule has 0 radical (unpaired) electrons. The third-order valence-electron chi connectivity index (χ3n) is 4.08. The number of amides is 1. The van der Waals surface area contributed by atoms with Crippen LogP contribution in [0.25, 0.3) is 0 Å². The van der Waals surface area contributed by atoms with Gasteiger partial charge in [0, 0.05) is 26.6 Å². The summed E-state index contributed by atoms with van der Waals surface area (Å²) in [4.78, 5) is 14.2. The lowest BCUT2D eigenvalue weighted by molar-refractivity contribution is -0.117. The van der Waals surface area contributed by atoms with Gasteiger partial charge in [-0.1, -0.05) is 25.0 Å². The molecule has 2 unspecified atom stereocenters. The van der Waals surface area contributed by atoms with E-state index in [1.807, 2.05) is 43.3 Å². The van der Waals surface area contributed by atoms with Gasteiger partial charge in [0.15, 0.2) is 0 Å². The van der Waals surface area contributed by atoms with Crippen molar-refractivity contribution < 1.29 is 4.79 Å². The van der Waals surface area contributed by atoms with Gasteiger partial charge in [-0.15, -0.1) is 0 Å². The first kappa shape index (κ1) is 14.9. The highest BCUT2D eigenvalue weighted by molar-refractivity contribution is 5.94. The maximum atomic E-state index is 12.2.